The van der Waals surface area contributed by atoms with Crippen molar-refractivity contribution in [2.24, 2.45) is 22.2 Å². The molecule has 7 amide bonds. The minimum absolute atomic E-state index is 0.000941. The molecule has 2 aromatic rings. The number of anilines is 3. The third-order valence-electron chi connectivity index (χ3n) is 11.6. The highest BCUT2D eigenvalue weighted by Crippen LogP contribution is 2.37. The lowest BCUT2D eigenvalue weighted by Gasteiger charge is -2.36. The van der Waals surface area contributed by atoms with Crippen LogP contribution in [0.4, 0.5) is 17.1 Å². The molecule has 0 spiro atoms. The molecule has 21 nitrogen and oxygen atoms in total. The smallest absolute Gasteiger partial charge is 0.257 e. The second-order valence-electron chi connectivity index (χ2n) is 16.7. The number of hydrogen-bond acceptors (Lipinski definition) is 13. The maximum atomic E-state index is 13.9. The summed E-state index contributed by atoms with van der Waals surface area (Å²) in [7, 11) is 0. The van der Waals surface area contributed by atoms with Gasteiger partial charge in [0.25, 0.3) is 5.91 Å². The van der Waals surface area contributed by atoms with Crippen LogP contribution in [0.25, 0.3) is 0 Å². The Morgan fingerprint density at radius 2 is 1.43 bits per heavy atom. The Morgan fingerprint density at radius 3 is 2.12 bits per heavy atom. The van der Waals surface area contributed by atoms with E-state index in [1.807, 2.05) is 24.3 Å². The van der Waals surface area contributed by atoms with Gasteiger partial charge in [0, 0.05) is 71.9 Å². The summed E-state index contributed by atoms with van der Waals surface area (Å²) in [4.78, 5) is 103. The van der Waals surface area contributed by atoms with Gasteiger partial charge in [-0.3, -0.25) is 63.5 Å². The maximum Gasteiger partial charge on any atom is 0.257 e. The number of piperidine rings is 1. The van der Waals surface area contributed by atoms with E-state index in [1.165, 1.54) is 13.8 Å². The predicted octanol–water partition coefficient (Wildman–Crippen LogP) is -1.48. The fourth-order valence-electron chi connectivity index (χ4n) is 8.13. The molecule has 0 radical (unpaired) electrons. The highest BCUT2D eigenvalue weighted by atomic mass is 16.2. The van der Waals surface area contributed by atoms with Gasteiger partial charge in [-0.2, -0.15) is 0 Å². The SMILES string of the molecule is CC(=O)N[C@@H](CCCN)C(=O)NC(=O)[C@H](C)NC(=O)[C@H](CCCN=C(N)N)NCCN1CCN(CC(=O)NC2CCN(CC(=O)N3c4ccccc4NC(=O)c4ccccc43)CC2)CC1. The molecule has 0 aliphatic carbocycles. The molecule has 21 heteroatoms. The van der Waals surface area contributed by atoms with E-state index in [0.717, 1.165) is 13.1 Å². The molecule has 3 atom stereocenters. The summed E-state index contributed by atoms with van der Waals surface area (Å²) in [5, 5.41) is 16.9. The summed E-state index contributed by atoms with van der Waals surface area (Å²) < 4.78 is 0. The number of aliphatic imine (C=N–C) groups is 1. The first-order valence-corrected chi connectivity index (χ1v) is 22.4. The molecular weight excluding hydrogens is 837 g/mol. The van der Waals surface area contributed by atoms with E-state index in [2.05, 4.69) is 51.6 Å². The van der Waals surface area contributed by atoms with Gasteiger partial charge in [-0.25, -0.2) is 0 Å². The predicted molar refractivity (Wildman–Crippen MR) is 247 cm³/mol. The lowest BCUT2D eigenvalue weighted by Crippen LogP contribution is -2.56. The number of rotatable bonds is 21. The van der Waals surface area contributed by atoms with Crippen molar-refractivity contribution in [2.45, 2.75) is 76.5 Å². The molecule has 65 heavy (non-hydrogen) atoms. The molecule has 3 aliphatic heterocycles. The Bertz CT molecular complexity index is 2010. The maximum absolute atomic E-state index is 13.9. The van der Waals surface area contributed by atoms with Crippen LogP contribution >= 0.6 is 0 Å². The van der Waals surface area contributed by atoms with Crippen molar-refractivity contribution < 1.29 is 33.6 Å². The first kappa shape index (κ1) is 50.0. The van der Waals surface area contributed by atoms with Gasteiger partial charge in [0.1, 0.15) is 12.1 Å². The molecule has 5 rings (SSSR count). The van der Waals surface area contributed by atoms with Gasteiger partial charge in [-0.15, -0.1) is 0 Å². The number of amides is 7. The molecule has 12 N–H and O–H groups in total. The number of nitrogens with zero attached hydrogens (tertiary/aromatic N) is 5. The van der Waals surface area contributed by atoms with Crippen molar-refractivity contribution >= 4 is 64.4 Å². The number of guanidine groups is 1. The van der Waals surface area contributed by atoms with Crippen molar-refractivity contribution in [3.8, 4) is 0 Å². The number of para-hydroxylation sites is 3. The van der Waals surface area contributed by atoms with E-state index in [4.69, 9.17) is 17.2 Å². The lowest BCUT2D eigenvalue weighted by atomic mass is 10.0. The van der Waals surface area contributed by atoms with Crippen LogP contribution < -0.4 is 54.0 Å². The highest BCUT2D eigenvalue weighted by molar-refractivity contribution is 6.18. The van der Waals surface area contributed by atoms with Crippen molar-refractivity contribution in [3.63, 3.8) is 0 Å². The number of nitrogens with one attached hydrogen (secondary N) is 6. The number of fused-ring (bicyclic) bond motifs is 2. The topological polar surface area (TPSA) is 295 Å². The molecule has 3 aliphatic rings. The number of imide groups is 1. The van der Waals surface area contributed by atoms with E-state index < -0.39 is 41.8 Å². The van der Waals surface area contributed by atoms with E-state index in [9.17, 15) is 33.6 Å². The van der Waals surface area contributed by atoms with Crippen molar-refractivity contribution in [2.75, 3.05) is 88.8 Å². The molecule has 3 heterocycles. The van der Waals surface area contributed by atoms with Crippen LogP contribution in [0.2, 0.25) is 0 Å². The normalized spacial score (nSPS) is 17.2. The number of benzene rings is 2. The van der Waals surface area contributed by atoms with Crippen LogP contribution in [-0.4, -0.2) is 165 Å². The van der Waals surface area contributed by atoms with Gasteiger partial charge in [-0.05, 0) is 76.3 Å². The third-order valence-corrected chi connectivity index (χ3v) is 11.6. The van der Waals surface area contributed by atoms with Gasteiger partial charge in [0.15, 0.2) is 5.96 Å². The Hall–Kier alpha value is -6.00. The van der Waals surface area contributed by atoms with Crippen molar-refractivity contribution in [3.05, 3.63) is 54.1 Å². The van der Waals surface area contributed by atoms with Crippen LogP contribution in [0.3, 0.4) is 0 Å². The molecule has 2 aromatic carbocycles. The zero-order valence-corrected chi connectivity index (χ0v) is 37.5. The number of nitrogens with two attached hydrogens (primary N) is 3. The minimum Gasteiger partial charge on any atom is -0.370 e. The Kier molecular flexibility index (Phi) is 19.2. The minimum atomic E-state index is -1.05. The van der Waals surface area contributed by atoms with Gasteiger partial charge in [0.2, 0.25) is 35.4 Å². The number of carbonyl (C=O) groups is 7. The summed E-state index contributed by atoms with van der Waals surface area (Å²) >= 11 is 0. The average molecular weight is 903 g/mol. The van der Waals surface area contributed by atoms with Gasteiger partial charge >= 0.3 is 0 Å². The molecule has 2 saturated heterocycles. The van der Waals surface area contributed by atoms with E-state index >= 15 is 0 Å². The molecule has 0 unspecified atom stereocenters. The van der Waals surface area contributed by atoms with Crippen LogP contribution in [0.1, 0.15) is 62.7 Å². The molecular formula is C44H66N14O7. The Labute approximate surface area is 380 Å². The average Bonchev–Trinajstić information content (AvgIpc) is 3.40. The summed E-state index contributed by atoms with van der Waals surface area (Å²) in [6.07, 6.45) is 3.01. The van der Waals surface area contributed by atoms with Gasteiger partial charge < -0.3 is 43.8 Å². The Morgan fingerprint density at radius 1 is 0.785 bits per heavy atom. The quantitative estimate of drug-likeness (QED) is 0.0393. The number of likely N-dealkylation sites (tertiary alicyclic amines) is 1. The summed E-state index contributed by atoms with van der Waals surface area (Å²) in [5.74, 6) is -2.74. The molecule has 0 bridgehead atoms. The fraction of sp³-hybridized carbons (Fsp3) is 0.545. The van der Waals surface area contributed by atoms with Crippen molar-refractivity contribution in [1.82, 2.24) is 41.3 Å². The van der Waals surface area contributed by atoms with Crippen molar-refractivity contribution in [1.29, 1.82) is 0 Å². The number of hydrogen-bond donors (Lipinski definition) is 9. The molecule has 2 fully saturated rings. The third kappa shape index (κ3) is 15.3. The highest BCUT2D eigenvalue weighted by Gasteiger charge is 2.32. The summed E-state index contributed by atoms with van der Waals surface area (Å²) in [6, 6.07) is 11.7. The second-order valence-corrected chi connectivity index (χ2v) is 16.7. The standard InChI is InChI=1S/C44H66N14O7/c1-29(40(62)54-43(65)35(11-7-17-45)51-30(2)59)50-42(64)34(12-8-18-49-44(46)47)48-19-22-55-23-25-57(26-24-55)27-38(60)52-31-15-20-56(21-16-31)28-39(61)58-36-13-5-3-9-32(36)41(63)53-33-10-4-6-14-37(33)58/h3-6,9-10,13-14,29,31,34-35,48H,7-8,11-12,15-28,45H2,1-2H3,(H,50,64)(H,51,59)(H,52,60)(H,53,63)(H4,46,47,49)(H,54,62,65)/t29-,34-,35-/m0/s1. The zero-order valence-electron chi connectivity index (χ0n) is 37.5. The van der Waals surface area contributed by atoms with Crippen LogP contribution in [-0.2, 0) is 28.8 Å². The summed E-state index contributed by atoms with van der Waals surface area (Å²) in [5.41, 5.74) is 18.7. The van der Waals surface area contributed by atoms with E-state index in [1.54, 1.807) is 29.2 Å². The molecule has 354 valence electrons. The largest absolute Gasteiger partial charge is 0.370 e. The monoisotopic (exact) mass is 903 g/mol. The molecule has 0 aromatic heterocycles. The van der Waals surface area contributed by atoms with Crippen LogP contribution in [0, 0.1) is 0 Å². The van der Waals surface area contributed by atoms with Gasteiger partial charge in [0.05, 0.1) is 41.8 Å². The molecule has 0 saturated carbocycles. The second kappa shape index (κ2) is 24.9. The number of piperazine rings is 1. The van der Waals surface area contributed by atoms with Gasteiger partial charge in [-0.1, -0.05) is 24.3 Å². The fourth-order valence-corrected chi connectivity index (χ4v) is 8.13. The first-order valence-electron chi connectivity index (χ1n) is 22.4. The summed E-state index contributed by atoms with van der Waals surface area (Å²) in [6.45, 7) is 9.07. The first-order chi connectivity index (χ1) is 31.2. The van der Waals surface area contributed by atoms with Crippen LogP contribution in [0.15, 0.2) is 53.5 Å². The van der Waals surface area contributed by atoms with E-state index in [-0.39, 0.29) is 49.2 Å². The zero-order chi connectivity index (χ0) is 46.9. The van der Waals surface area contributed by atoms with E-state index in [0.29, 0.717) is 107 Å². The van der Waals surface area contributed by atoms with Crippen LogP contribution in [0.5, 0.6) is 0 Å². The number of carbonyl (C=O) groups excluding carboxylic acids is 7. The lowest BCUT2D eigenvalue weighted by molar-refractivity contribution is -0.136. The Balaban J connectivity index is 1.02.